The van der Waals surface area contributed by atoms with E-state index in [4.69, 9.17) is 5.73 Å². The maximum Gasteiger partial charge on any atom is 0.0660 e. The molecular formula is C12H30N2O. The van der Waals surface area contributed by atoms with Crippen molar-refractivity contribution in [3.05, 3.63) is 5.21 Å². The summed E-state index contributed by atoms with van der Waals surface area (Å²) in [6.07, 6.45) is 11.0. The van der Waals surface area contributed by atoms with E-state index in [1.54, 1.807) is 0 Å². The van der Waals surface area contributed by atoms with Crippen LogP contribution in [0.1, 0.15) is 58.3 Å². The molecular weight excluding hydrogens is 188 g/mol. The molecule has 0 aliphatic heterocycles. The lowest BCUT2D eigenvalue weighted by Crippen LogP contribution is -3.00. The molecule has 0 aliphatic carbocycles. The summed E-state index contributed by atoms with van der Waals surface area (Å²) in [5.41, 5.74) is 5.39. The van der Waals surface area contributed by atoms with Crippen LogP contribution in [0.25, 0.3) is 0 Å². The Morgan fingerprint density at radius 1 is 0.867 bits per heavy atom. The number of nitrogens with two attached hydrogens (primary N) is 1. The Kier molecular flexibility index (Phi) is 18.8. The normalized spacial score (nSPS) is 10.0. The average molecular weight is 218 g/mol. The minimum Gasteiger partial charge on any atom is -0.635 e. The van der Waals surface area contributed by atoms with Crippen molar-refractivity contribution in [3.63, 3.8) is 0 Å². The zero-order valence-corrected chi connectivity index (χ0v) is 10.8. The van der Waals surface area contributed by atoms with Crippen molar-refractivity contribution in [2.45, 2.75) is 58.3 Å². The van der Waals surface area contributed by atoms with E-state index in [9.17, 15) is 5.21 Å². The first-order valence-corrected chi connectivity index (χ1v) is 6.32. The summed E-state index contributed by atoms with van der Waals surface area (Å²) in [7, 11) is 3.06. The molecule has 3 nitrogen and oxygen atoms in total. The van der Waals surface area contributed by atoms with E-state index in [2.05, 4.69) is 6.92 Å². The molecule has 3 heteroatoms. The summed E-state index contributed by atoms with van der Waals surface area (Å²) in [5.74, 6) is 0. The van der Waals surface area contributed by atoms with Gasteiger partial charge in [-0.2, -0.15) is 0 Å². The van der Waals surface area contributed by atoms with Gasteiger partial charge >= 0.3 is 0 Å². The molecule has 0 amide bonds. The molecule has 0 unspecified atom stereocenters. The van der Waals surface area contributed by atoms with Crippen LogP contribution in [0.15, 0.2) is 0 Å². The molecule has 94 valence electrons. The zero-order chi connectivity index (χ0) is 11.9. The van der Waals surface area contributed by atoms with Crippen molar-refractivity contribution in [2.24, 2.45) is 5.73 Å². The van der Waals surface area contributed by atoms with Gasteiger partial charge in [-0.15, -0.1) is 0 Å². The van der Waals surface area contributed by atoms with Gasteiger partial charge in [-0.3, -0.25) is 0 Å². The number of hydrogen-bond acceptors (Lipinski definition) is 2. The Morgan fingerprint density at radius 3 is 1.53 bits per heavy atom. The van der Waals surface area contributed by atoms with E-state index in [1.807, 2.05) is 0 Å². The van der Waals surface area contributed by atoms with E-state index in [1.165, 1.54) is 65.5 Å². The van der Waals surface area contributed by atoms with E-state index < -0.39 is 0 Å². The zero-order valence-electron chi connectivity index (χ0n) is 10.8. The van der Waals surface area contributed by atoms with Gasteiger partial charge in [0.05, 0.1) is 14.1 Å². The molecule has 3 N–H and O–H groups in total. The molecule has 0 aliphatic rings. The van der Waals surface area contributed by atoms with Crippen molar-refractivity contribution < 1.29 is 5.06 Å². The Balaban J connectivity index is 0. The number of unbranched alkanes of at least 4 members (excludes halogenated alkanes) is 7. The molecule has 0 saturated heterocycles. The van der Waals surface area contributed by atoms with Crippen LogP contribution < -0.4 is 10.8 Å². The van der Waals surface area contributed by atoms with Crippen LogP contribution in [0.4, 0.5) is 0 Å². The molecule has 0 atom stereocenters. The van der Waals surface area contributed by atoms with Crippen LogP contribution in [0.2, 0.25) is 0 Å². The SMILES string of the molecule is CCCCCCCCCCN.C[NH+](C)[O-]. The van der Waals surface area contributed by atoms with Crippen LogP contribution in [0.5, 0.6) is 0 Å². The second kappa shape index (κ2) is 16.3. The predicted molar refractivity (Wildman–Crippen MR) is 67.8 cm³/mol. The van der Waals surface area contributed by atoms with Crippen molar-refractivity contribution in [1.82, 2.24) is 0 Å². The fraction of sp³-hybridized carbons (Fsp3) is 1.00. The highest BCUT2D eigenvalue weighted by molar-refractivity contribution is 4.45. The van der Waals surface area contributed by atoms with Gasteiger partial charge in [-0.1, -0.05) is 51.9 Å². The highest BCUT2D eigenvalue weighted by Crippen LogP contribution is 2.07. The molecule has 0 aromatic carbocycles. The van der Waals surface area contributed by atoms with Gasteiger partial charge < -0.3 is 16.0 Å². The first-order chi connectivity index (χ1) is 7.15. The largest absolute Gasteiger partial charge is 0.635 e. The number of rotatable bonds is 8. The smallest absolute Gasteiger partial charge is 0.0660 e. The first kappa shape index (κ1) is 17.3. The average Bonchev–Trinajstić information content (AvgIpc) is 2.16. The highest BCUT2D eigenvalue weighted by atomic mass is 16.5. The molecule has 0 bridgehead atoms. The standard InChI is InChI=1S/C10H23N.C2H7NO/c1-2-3-4-5-6-7-8-9-10-11;1-3(2)4/h2-11H2,1H3;3H,1-2H3. The molecule has 15 heavy (non-hydrogen) atoms. The van der Waals surface area contributed by atoms with Crippen molar-refractivity contribution in [1.29, 1.82) is 0 Å². The minimum atomic E-state index is 0.167. The van der Waals surface area contributed by atoms with Gasteiger partial charge in [0.2, 0.25) is 0 Å². The van der Waals surface area contributed by atoms with Gasteiger partial charge in [0, 0.05) is 0 Å². The summed E-state index contributed by atoms with van der Waals surface area (Å²) >= 11 is 0. The van der Waals surface area contributed by atoms with E-state index >= 15 is 0 Å². The van der Waals surface area contributed by atoms with E-state index in [0.717, 1.165) is 6.54 Å². The number of nitrogens with one attached hydrogen (secondary N) is 1. The quantitative estimate of drug-likeness (QED) is 0.481. The summed E-state index contributed by atoms with van der Waals surface area (Å²) in [6, 6.07) is 0. The third-order valence-electron chi connectivity index (χ3n) is 2.06. The third kappa shape index (κ3) is 31.5. The number of hydroxylamine groups is 2. The Labute approximate surface area is 95.6 Å². The summed E-state index contributed by atoms with van der Waals surface area (Å²) in [6.45, 7) is 3.13. The Morgan fingerprint density at radius 2 is 1.20 bits per heavy atom. The second-order valence-electron chi connectivity index (χ2n) is 4.17. The van der Waals surface area contributed by atoms with Gasteiger partial charge in [-0.25, -0.2) is 0 Å². The number of hydrogen-bond donors (Lipinski definition) is 2. The summed E-state index contributed by atoms with van der Waals surface area (Å²) < 4.78 is 0. The monoisotopic (exact) mass is 218 g/mol. The van der Waals surface area contributed by atoms with Gasteiger partial charge in [0.15, 0.2) is 0 Å². The fourth-order valence-electron chi connectivity index (χ4n) is 1.28. The lowest BCUT2D eigenvalue weighted by atomic mass is 10.1. The van der Waals surface area contributed by atoms with Crippen molar-refractivity contribution in [3.8, 4) is 0 Å². The second-order valence-corrected chi connectivity index (χ2v) is 4.17. The predicted octanol–water partition coefficient (Wildman–Crippen LogP) is 1.71. The molecule has 0 heterocycles. The Bertz CT molecular complexity index is 86.9. The maximum absolute atomic E-state index is 9.44. The van der Waals surface area contributed by atoms with E-state index in [-0.39, 0.29) is 5.06 Å². The van der Waals surface area contributed by atoms with Gasteiger partial charge in [-0.05, 0) is 13.0 Å². The van der Waals surface area contributed by atoms with E-state index in [0.29, 0.717) is 0 Å². The molecule has 0 saturated carbocycles. The third-order valence-corrected chi connectivity index (χ3v) is 2.06. The fourth-order valence-corrected chi connectivity index (χ4v) is 1.28. The maximum atomic E-state index is 9.44. The van der Waals surface area contributed by atoms with Crippen LogP contribution in [-0.2, 0) is 0 Å². The summed E-state index contributed by atoms with van der Waals surface area (Å²) in [5, 5.41) is 9.61. The molecule has 0 radical (unpaired) electrons. The molecule has 0 spiro atoms. The van der Waals surface area contributed by atoms with Crippen molar-refractivity contribution >= 4 is 0 Å². The molecule has 0 aromatic heterocycles. The topological polar surface area (TPSA) is 53.5 Å². The van der Waals surface area contributed by atoms with Gasteiger partial charge in [0.25, 0.3) is 0 Å². The minimum absolute atomic E-state index is 0.167. The van der Waals surface area contributed by atoms with Crippen LogP contribution in [-0.4, -0.2) is 20.6 Å². The first-order valence-electron chi connectivity index (χ1n) is 6.32. The van der Waals surface area contributed by atoms with Crippen LogP contribution in [0.3, 0.4) is 0 Å². The lowest BCUT2D eigenvalue weighted by molar-refractivity contribution is -0.802. The summed E-state index contributed by atoms with van der Waals surface area (Å²) in [4.78, 5) is 0. The number of quaternary nitrogens is 1. The lowest BCUT2D eigenvalue weighted by Gasteiger charge is -2.04. The van der Waals surface area contributed by atoms with Gasteiger partial charge in [0.1, 0.15) is 0 Å². The highest BCUT2D eigenvalue weighted by Gasteiger charge is 1.89. The molecule has 0 aromatic rings. The molecule has 0 rings (SSSR count). The van der Waals surface area contributed by atoms with Crippen LogP contribution >= 0.6 is 0 Å². The Hall–Kier alpha value is -0.120. The molecule has 0 fully saturated rings. The van der Waals surface area contributed by atoms with Crippen LogP contribution in [0, 0.1) is 5.21 Å². The van der Waals surface area contributed by atoms with Crippen molar-refractivity contribution in [2.75, 3.05) is 20.6 Å².